The van der Waals surface area contributed by atoms with Gasteiger partial charge in [0, 0.05) is 18.7 Å². The van der Waals surface area contributed by atoms with E-state index in [0.717, 1.165) is 17.9 Å². The maximum absolute atomic E-state index is 13.1. The van der Waals surface area contributed by atoms with Gasteiger partial charge in [-0.3, -0.25) is 4.79 Å². The number of carbonyl (C=O) groups excluding carboxylic acids is 1. The van der Waals surface area contributed by atoms with Gasteiger partial charge in [-0.05, 0) is 17.7 Å². The second kappa shape index (κ2) is 4.87. The monoisotopic (exact) mass is 239 g/mol. The van der Waals surface area contributed by atoms with Crippen LogP contribution in [0, 0.1) is 5.82 Å². The number of hydrogen-bond acceptors (Lipinski definition) is 2. The number of nitrogens with zero attached hydrogens (tertiary/aromatic N) is 1. The standard InChI is InChI=1S/C12H14FNOS/c1-2-11(15)14-6-7-16-12(14)9-4-3-5-10(13)8-9/h3-5,8,12H,2,6-7H2,1H3/t12-/m1/s1. The molecule has 0 unspecified atom stereocenters. The third-order valence-corrected chi connectivity index (χ3v) is 3.91. The largest absolute Gasteiger partial charge is 0.326 e. The van der Waals surface area contributed by atoms with Gasteiger partial charge in [0.2, 0.25) is 5.91 Å². The van der Waals surface area contributed by atoms with Crippen LogP contribution in [-0.4, -0.2) is 23.1 Å². The SMILES string of the molecule is CCC(=O)N1CCS[C@@H]1c1cccc(F)c1. The van der Waals surface area contributed by atoms with E-state index in [2.05, 4.69) is 0 Å². The van der Waals surface area contributed by atoms with E-state index < -0.39 is 0 Å². The molecule has 2 rings (SSSR count). The van der Waals surface area contributed by atoms with Gasteiger partial charge in [-0.1, -0.05) is 19.1 Å². The van der Waals surface area contributed by atoms with Gasteiger partial charge in [0.25, 0.3) is 0 Å². The Hall–Kier alpha value is -1.03. The van der Waals surface area contributed by atoms with Crippen molar-refractivity contribution in [3.63, 3.8) is 0 Å². The van der Waals surface area contributed by atoms with Gasteiger partial charge >= 0.3 is 0 Å². The van der Waals surface area contributed by atoms with Crippen LogP contribution in [0.3, 0.4) is 0 Å². The van der Waals surface area contributed by atoms with Crippen molar-refractivity contribution in [1.82, 2.24) is 4.90 Å². The molecule has 1 aliphatic rings. The highest BCUT2D eigenvalue weighted by Gasteiger charge is 2.29. The number of amides is 1. The highest BCUT2D eigenvalue weighted by atomic mass is 32.2. The highest BCUT2D eigenvalue weighted by Crippen LogP contribution is 2.38. The maximum Gasteiger partial charge on any atom is 0.223 e. The normalized spacial score (nSPS) is 20.1. The van der Waals surface area contributed by atoms with Crippen molar-refractivity contribution in [2.75, 3.05) is 12.3 Å². The molecule has 1 amide bonds. The summed E-state index contributed by atoms with van der Waals surface area (Å²) in [6.07, 6.45) is 0.506. The predicted molar refractivity (Wildman–Crippen MR) is 63.6 cm³/mol. The minimum absolute atomic E-state index is 0.0110. The van der Waals surface area contributed by atoms with E-state index in [1.54, 1.807) is 17.8 Å². The van der Waals surface area contributed by atoms with Crippen LogP contribution < -0.4 is 0 Å². The molecule has 2 nitrogen and oxygen atoms in total. The quantitative estimate of drug-likeness (QED) is 0.791. The summed E-state index contributed by atoms with van der Waals surface area (Å²) in [6.45, 7) is 2.62. The van der Waals surface area contributed by atoms with E-state index in [4.69, 9.17) is 0 Å². The summed E-state index contributed by atoms with van der Waals surface area (Å²) in [5, 5.41) is -0.0110. The predicted octanol–water partition coefficient (Wildman–Crippen LogP) is 2.81. The van der Waals surface area contributed by atoms with Crippen molar-refractivity contribution >= 4 is 17.7 Å². The molecule has 16 heavy (non-hydrogen) atoms. The number of hydrogen-bond donors (Lipinski definition) is 0. The van der Waals surface area contributed by atoms with E-state index in [-0.39, 0.29) is 17.1 Å². The molecule has 0 bridgehead atoms. The molecule has 1 fully saturated rings. The second-order valence-corrected chi connectivity index (χ2v) is 4.91. The summed E-state index contributed by atoms with van der Waals surface area (Å²) in [5.74, 6) is 0.820. The molecule has 0 saturated carbocycles. The van der Waals surface area contributed by atoms with Gasteiger partial charge in [-0.25, -0.2) is 4.39 Å². The van der Waals surface area contributed by atoms with Crippen molar-refractivity contribution in [1.29, 1.82) is 0 Å². The van der Waals surface area contributed by atoms with Crippen LogP contribution in [0.15, 0.2) is 24.3 Å². The molecule has 0 N–H and O–H groups in total. The number of thioether (sulfide) groups is 1. The molecular formula is C12H14FNOS. The summed E-state index contributed by atoms with van der Waals surface area (Å²) < 4.78 is 13.1. The smallest absolute Gasteiger partial charge is 0.223 e. The first-order valence-corrected chi connectivity index (χ1v) is 6.43. The molecule has 1 aliphatic heterocycles. The Labute approximate surface area is 98.8 Å². The summed E-state index contributed by atoms with van der Waals surface area (Å²) >= 11 is 1.69. The van der Waals surface area contributed by atoms with Crippen LogP contribution in [0.25, 0.3) is 0 Å². The van der Waals surface area contributed by atoms with E-state index in [9.17, 15) is 9.18 Å². The van der Waals surface area contributed by atoms with Crippen molar-refractivity contribution in [2.24, 2.45) is 0 Å². The Balaban J connectivity index is 2.23. The molecule has 86 valence electrons. The number of rotatable bonds is 2. The lowest BCUT2D eigenvalue weighted by atomic mass is 10.2. The number of benzene rings is 1. The molecular weight excluding hydrogens is 225 g/mol. The molecule has 1 saturated heterocycles. The zero-order valence-corrected chi connectivity index (χ0v) is 9.97. The van der Waals surface area contributed by atoms with Gasteiger partial charge in [0.15, 0.2) is 0 Å². The highest BCUT2D eigenvalue weighted by molar-refractivity contribution is 7.99. The zero-order chi connectivity index (χ0) is 11.5. The Bertz CT molecular complexity index is 396. The average Bonchev–Trinajstić information content (AvgIpc) is 2.77. The van der Waals surface area contributed by atoms with Crippen molar-refractivity contribution in [3.05, 3.63) is 35.6 Å². The molecule has 4 heteroatoms. The molecule has 0 spiro atoms. The molecule has 1 heterocycles. The Morgan fingerprint density at radius 2 is 2.44 bits per heavy atom. The van der Waals surface area contributed by atoms with Gasteiger partial charge < -0.3 is 4.90 Å². The van der Waals surface area contributed by atoms with E-state index in [1.807, 2.05) is 17.9 Å². The third kappa shape index (κ3) is 2.21. The molecule has 1 aromatic carbocycles. The Kier molecular flexibility index (Phi) is 3.49. The first-order valence-electron chi connectivity index (χ1n) is 5.39. The first kappa shape index (κ1) is 11.5. The maximum atomic E-state index is 13.1. The topological polar surface area (TPSA) is 20.3 Å². The first-order chi connectivity index (χ1) is 7.72. The molecule has 0 radical (unpaired) electrons. The van der Waals surface area contributed by atoms with Crippen LogP contribution in [0.1, 0.15) is 24.3 Å². The summed E-state index contributed by atoms with van der Waals surface area (Å²) in [6, 6.07) is 6.51. The minimum Gasteiger partial charge on any atom is -0.326 e. The lowest BCUT2D eigenvalue weighted by Gasteiger charge is -2.23. The summed E-state index contributed by atoms with van der Waals surface area (Å²) in [5.41, 5.74) is 0.879. The van der Waals surface area contributed by atoms with Gasteiger partial charge in [-0.15, -0.1) is 11.8 Å². The fraction of sp³-hybridized carbons (Fsp3) is 0.417. The minimum atomic E-state index is -0.242. The lowest BCUT2D eigenvalue weighted by Crippen LogP contribution is -2.29. The van der Waals surface area contributed by atoms with E-state index in [1.165, 1.54) is 12.1 Å². The summed E-state index contributed by atoms with van der Waals surface area (Å²) in [7, 11) is 0. The molecule has 1 atom stereocenters. The zero-order valence-electron chi connectivity index (χ0n) is 9.15. The number of halogens is 1. The van der Waals surface area contributed by atoms with Crippen LogP contribution in [-0.2, 0) is 4.79 Å². The molecule has 0 aliphatic carbocycles. The lowest BCUT2D eigenvalue weighted by molar-refractivity contribution is -0.131. The Morgan fingerprint density at radius 3 is 3.12 bits per heavy atom. The molecule has 1 aromatic rings. The van der Waals surface area contributed by atoms with Crippen molar-refractivity contribution in [3.8, 4) is 0 Å². The van der Waals surface area contributed by atoms with Crippen molar-refractivity contribution < 1.29 is 9.18 Å². The van der Waals surface area contributed by atoms with Crippen LogP contribution >= 0.6 is 11.8 Å². The van der Waals surface area contributed by atoms with Crippen LogP contribution in [0.5, 0.6) is 0 Å². The molecule has 0 aromatic heterocycles. The fourth-order valence-electron chi connectivity index (χ4n) is 1.86. The van der Waals surface area contributed by atoms with Crippen LogP contribution in [0.2, 0.25) is 0 Å². The number of carbonyl (C=O) groups is 1. The summed E-state index contributed by atoms with van der Waals surface area (Å²) in [4.78, 5) is 13.5. The van der Waals surface area contributed by atoms with Gasteiger partial charge in [0.1, 0.15) is 11.2 Å². The third-order valence-electron chi connectivity index (χ3n) is 2.65. The van der Waals surface area contributed by atoms with Gasteiger partial charge in [-0.2, -0.15) is 0 Å². The fourth-order valence-corrected chi connectivity index (χ4v) is 3.13. The van der Waals surface area contributed by atoms with Gasteiger partial charge in [0.05, 0.1) is 0 Å². The second-order valence-electron chi connectivity index (χ2n) is 3.72. The Morgan fingerprint density at radius 1 is 1.62 bits per heavy atom. The van der Waals surface area contributed by atoms with E-state index >= 15 is 0 Å². The van der Waals surface area contributed by atoms with E-state index in [0.29, 0.717) is 6.42 Å². The average molecular weight is 239 g/mol. The van der Waals surface area contributed by atoms with Crippen molar-refractivity contribution in [2.45, 2.75) is 18.7 Å². The van der Waals surface area contributed by atoms with Crippen LogP contribution in [0.4, 0.5) is 4.39 Å².